The average Bonchev–Trinajstić information content (AvgIpc) is 2.69. The van der Waals surface area contributed by atoms with Gasteiger partial charge in [0.2, 0.25) is 0 Å². The lowest BCUT2D eigenvalue weighted by molar-refractivity contribution is 0.0852. The van der Waals surface area contributed by atoms with Crippen molar-refractivity contribution in [1.29, 1.82) is 0 Å². The second-order valence-electron chi connectivity index (χ2n) is 5.74. The monoisotopic (exact) mass is 280 g/mol. The summed E-state index contributed by atoms with van der Waals surface area (Å²) in [5.41, 5.74) is 0.925. The number of piperidine rings is 1. The predicted molar refractivity (Wildman–Crippen MR) is 81.3 cm³/mol. The van der Waals surface area contributed by atoms with Crippen molar-refractivity contribution in [3.05, 3.63) is 21.4 Å². The van der Waals surface area contributed by atoms with Crippen LogP contribution < -0.4 is 0 Å². The molecule has 1 atom stereocenters. The van der Waals surface area contributed by atoms with Gasteiger partial charge < -0.3 is 4.90 Å². The molecule has 1 saturated heterocycles. The third-order valence-corrected chi connectivity index (χ3v) is 4.89. The van der Waals surface area contributed by atoms with Crippen molar-refractivity contribution >= 4 is 17.1 Å². The fraction of sp³-hybridized carbons (Fsp3) is 0.667. The lowest BCUT2D eigenvalue weighted by atomic mass is 10.0. The van der Waals surface area contributed by atoms with Crippen molar-refractivity contribution in [2.24, 2.45) is 0 Å². The summed E-state index contributed by atoms with van der Waals surface area (Å²) < 4.78 is 0. The third kappa shape index (κ3) is 3.65. The van der Waals surface area contributed by atoms with Gasteiger partial charge in [0, 0.05) is 27.9 Å². The van der Waals surface area contributed by atoms with Crippen LogP contribution in [0, 0.1) is 13.8 Å². The second-order valence-corrected chi connectivity index (χ2v) is 7.21. The highest BCUT2D eigenvalue weighted by Gasteiger charge is 2.23. The molecule has 2 heterocycles. The molecule has 1 aliphatic heterocycles. The molecule has 3 nitrogen and oxygen atoms in total. The van der Waals surface area contributed by atoms with E-state index in [1.807, 2.05) is 13.0 Å². The Bertz CT molecular complexity index is 453. The highest BCUT2D eigenvalue weighted by atomic mass is 32.1. The van der Waals surface area contributed by atoms with Gasteiger partial charge in [-0.15, -0.1) is 11.3 Å². The molecule has 1 aromatic heterocycles. The summed E-state index contributed by atoms with van der Waals surface area (Å²) in [6.07, 6.45) is 2.44. The lowest BCUT2D eigenvalue weighted by Crippen LogP contribution is -2.46. The number of ketones is 1. The van der Waals surface area contributed by atoms with Gasteiger partial charge in [-0.2, -0.15) is 0 Å². The number of carbonyl (C=O) groups excluding carboxylic acids is 1. The number of likely N-dealkylation sites (tertiary alicyclic amines) is 1. The Balaban J connectivity index is 1.97. The van der Waals surface area contributed by atoms with Crippen LogP contribution in [0.1, 0.15) is 33.0 Å². The van der Waals surface area contributed by atoms with E-state index in [-0.39, 0.29) is 5.78 Å². The number of hydrogen-bond donors (Lipinski definition) is 0. The fourth-order valence-electron chi connectivity index (χ4n) is 2.79. The zero-order valence-corrected chi connectivity index (χ0v) is 13.2. The third-order valence-electron chi connectivity index (χ3n) is 3.92. The molecule has 0 amide bonds. The van der Waals surface area contributed by atoms with Crippen molar-refractivity contribution in [2.75, 3.05) is 33.7 Å². The molecule has 0 saturated carbocycles. The molecule has 106 valence electrons. The molecule has 0 N–H and O–H groups in total. The number of carbonyl (C=O) groups is 1. The SMILES string of the molecule is Cc1cc(C(=O)CN2CCCC(N(C)C)C2)c(C)s1. The minimum atomic E-state index is 0.279. The van der Waals surface area contributed by atoms with Crippen LogP contribution in [0.15, 0.2) is 6.07 Å². The molecular weight excluding hydrogens is 256 g/mol. The van der Waals surface area contributed by atoms with Gasteiger partial charge in [0.25, 0.3) is 0 Å². The van der Waals surface area contributed by atoms with E-state index < -0.39 is 0 Å². The van der Waals surface area contributed by atoms with E-state index in [0.717, 1.165) is 23.5 Å². The average molecular weight is 280 g/mol. The standard InChI is InChI=1S/C15H24N2OS/c1-11-8-14(12(2)19-11)15(18)10-17-7-5-6-13(9-17)16(3)4/h8,13H,5-7,9-10H2,1-4H3. The molecule has 1 unspecified atom stereocenters. The molecule has 0 radical (unpaired) electrons. The summed E-state index contributed by atoms with van der Waals surface area (Å²) >= 11 is 1.72. The summed E-state index contributed by atoms with van der Waals surface area (Å²) in [4.78, 5) is 19.3. The maximum atomic E-state index is 12.4. The molecule has 1 fully saturated rings. The van der Waals surface area contributed by atoms with Crippen LogP contribution in [0.5, 0.6) is 0 Å². The fourth-order valence-corrected chi connectivity index (χ4v) is 3.73. The van der Waals surface area contributed by atoms with Crippen LogP contribution in [0.25, 0.3) is 0 Å². The molecule has 2 rings (SSSR count). The van der Waals surface area contributed by atoms with Crippen LogP contribution in [0.2, 0.25) is 0 Å². The molecule has 0 aromatic carbocycles. The largest absolute Gasteiger partial charge is 0.305 e. The van der Waals surface area contributed by atoms with Gasteiger partial charge in [-0.3, -0.25) is 9.69 Å². The van der Waals surface area contributed by atoms with Gasteiger partial charge in [-0.25, -0.2) is 0 Å². The highest BCUT2D eigenvalue weighted by Crippen LogP contribution is 2.22. The van der Waals surface area contributed by atoms with Gasteiger partial charge in [-0.1, -0.05) is 0 Å². The molecule has 1 aliphatic rings. The maximum absolute atomic E-state index is 12.4. The molecule has 0 bridgehead atoms. The Labute approximate surface area is 120 Å². The van der Waals surface area contributed by atoms with Crippen molar-refractivity contribution in [1.82, 2.24) is 9.80 Å². The number of nitrogens with zero attached hydrogens (tertiary/aromatic N) is 2. The van der Waals surface area contributed by atoms with Crippen LogP contribution in [0.4, 0.5) is 0 Å². The predicted octanol–water partition coefficient (Wildman–Crippen LogP) is 2.57. The van der Waals surface area contributed by atoms with Gasteiger partial charge >= 0.3 is 0 Å². The first-order chi connectivity index (χ1) is 8.97. The molecule has 0 spiro atoms. The minimum absolute atomic E-state index is 0.279. The summed E-state index contributed by atoms with van der Waals surface area (Å²) in [7, 11) is 4.25. The van der Waals surface area contributed by atoms with Gasteiger partial charge in [0.1, 0.15) is 0 Å². The number of rotatable bonds is 4. The molecule has 19 heavy (non-hydrogen) atoms. The number of hydrogen-bond acceptors (Lipinski definition) is 4. The van der Waals surface area contributed by atoms with E-state index in [2.05, 4.69) is 30.8 Å². The number of thiophene rings is 1. The lowest BCUT2D eigenvalue weighted by Gasteiger charge is -2.35. The zero-order valence-electron chi connectivity index (χ0n) is 12.4. The summed E-state index contributed by atoms with van der Waals surface area (Å²) in [5.74, 6) is 0.279. The van der Waals surface area contributed by atoms with Crippen LogP contribution in [0.3, 0.4) is 0 Å². The normalized spacial score (nSPS) is 21.0. The van der Waals surface area contributed by atoms with E-state index >= 15 is 0 Å². The van der Waals surface area contributed by atoms with E-state index in [1.165, 1.54) is 17.7 Å². The van der Waals surface area contributed by atoms with Crippen LogP contribution in [-0.2, 0) is 0 Å². The summed E-state index contributed by atoms with van der Waals surface area (Å²) in [6.45, 7) is 6.75. The van der Waals surface area contributed by atoms with Crippen molar-refractivity contribution in [2.45, 2.75) is 32.7 Å². The number of likely N-dealkylation sites (N-methyl/N-ethyl adjacent to an activating group) is 1. The second kappa shape index (κ2) is 6.16. The number of aryl methyl sites for hydroxylation is 2. The molecule has 0 aliphatic carbocycles. The van der Waals surface area contributed by atoms with E-state index in [4.69, 9.17) is 0 Å². The first kappa shape index (κ1) is 14.7. The van der Waals surface area contributed by atoms with Crippen molar-refractivity contribution in [3.63, 3.8) is 0 Å². The van der Waals surface area contributed by atoms with Crippen LogP contribution in [-0.4, -0.2) is 55.4 Å². The van der Waals surface area contributed by atoms with Crippen molar-refractivity contribution in [3.8, 4) is 0 Å². The number of Topliss-reactive ketones (excluding diaryl/α,β-unsaturated/α-hetero) is 1. The van der Waals surface area contributed by atoms with E-state index in [9.17, 15) is 4.79 Å². The highest BCUT2D eigenvalue weighted by molar-refractivity contribution is 7.12. The topological polar surface area (TPSA) is 23.6 Å². The van der Waals surface area contributed by atoms with Gasteiger partial charge in [0.05, 0.1) is 6.54 Å². The molecular formula is C15H24N2OS. The Morgan fingerprint density at radius 1 is 1.47 bits per heavy atom. The van der Waals surface area contributed by atoms with Gasteiger partial charge in [-0.05, 0) is 53.4 Å². The Hall–Kier alpha value is -0.710. The molecule has 1 aromatic rings. The maximum Gasteiger partial charge on any atom is 0.177 e. The smallest absolute Gasteiger partial charge is 0.177 e. The first-order valence-corrected chi connectivity index (χ1v) is 7.78. The Kier molecular flexibility index (Phi) is 4.76. The minimum Gasteiger partial charge on any atom is -0.305 e. The Morgan fingerprint density at radius 3 is 2.79 bits per heavy atom. The van der Waals surface area contributed by atoms with E-state index in [1.54, 1.807) is 11.3 Å². The summed E-state index contributed by atoms with van der Waals surface area (Å²) in [6, 6.07) is 2.63. The van der Waals surface area contributed by atoms with Crippen molar-refractivity contribution < 1.29 is 4.79 Å². The first-order valence-electron chi connectivity index (χ1n) is 6.96. The zero-order chi connectivity index (χ0) is 14.0. The summed E-state index contributed by atoms with van der Waals surface area (Å²) in [5, 5.41) is 0. The van der Waals surface area contributed by atoms with E-state index in [0.29, 0.717) is 12.6 Å². The van der Waals surface area contributed by atoms with Gasteiger partial charge in [0.15, 0.2) is 5.78 Å². The Morgan fingerprint density at radius 2 is 2.21 bits per heavy atom. The molecule has 4 heteroatoms. The van der Waals surface area contributed by atoms with Crippen LogP contribution >= 0.6 is 11.3 Å². The quantitative estimate of drug-likeness (QED) is 0.792.